The molecule has 1 aliphatic rings. The van der Waals surface area contributed by atoms with Crippen LogP contribution >= 0.6 is 11.8 Å². The zero-order chi connectivity index (χ0) is 13.9. The first-order valence-electron chi connectivity index (χ1n) is 6.61. The van der Waals surface area contributed by atoms with Crippen molar-refractivity contribution >= 4 is 17.7 Å². The molecule has 0 aromatic carbocycles. The normalized spacial score (nSPS) is 24.4. The molecule has 2 rings (SSSR count). The first-order valence-corrected chi connectivity index (χ1v) is 7.60. The summed E-state index contributed by atoms with van der Waals surface area (Å²) < 4.78 is 1.91. The Balaban J connectivity index is 1.94. The lowest BCUT2D eigenvalue weighted by molar-refractivity contribution is -0.123. The van der Waals surface area contributed by atoms with Crippen molar-refractivity contribution in [3.05, 3.63) is 18.0 Å². The minimum atomic E-state index is -0.330. The number of likely N-dealkylation sites (N-methyl/N-ethyl adjacent to an activating group) is 1. The standard InChI is InChI=1S/C13H22N4OS/c1-13(5-4-6-19-13)9-15-12(18)11(14-2)10-7-16-17(3)8-10/h7-8,11,14H,4-6,9H2,1-3H3,(H,15,18). The number of carbonyl (C=O) groups excluding carboxylic acids is 1. The molecule has 1 amide bonds. The van der Waals surface area contributed by atoms with Gasteiger partial charge in [-0.2, -0.15) is 16.9 Å². The molecule has 0 radical (unpaired) electrons. The maximum Gasteiger partial charge on any atom is 0.241 e. The van der Waals surface area contributed by atoms with Gasteiger partial charge in [-0.1, -0.05) is 0 Å². The van der Waals surface area contributed by atoms with Crippen LogP contribution in [0.25, 0.3) is 0 Å². The van der Waals surface area contributed by atoms with Gasteiger partial charge in [0, 0.05) is 30.1 Å². The first kappa shape index (κ1) is 14.4. The van der Waals surface area contributed by atoms with Gasteiger partial charge in [-0.25, -0.2) is 0 Å². The molecule has 1 aromatic heterocycles. The molecule has 0 bridgehead atoms. The van der Waals surface area contributed by atoms with Gasteiger partial charge < -0.3 is 10.6 Å². The Morgan fingerprint density at radius 2 is 2.47 bits per heavy atom. The Kier molecular flexibility index (Phi) is 4.52. The van der Waals surface area contributed by atoms with Gasteiger partial charge in [0.25, 0.3) is 0 Å². The lowest BCUT2D eigenvalue weighted by atomic mass is 10.1. The SMILES string of the molecule is CNC(C(=O)NCC1(C)CCCS1)c1cnn(C)c1. The second-order valence-electron chi connectivity index (χ2n) is 5.29. The van der Waals surface area contributed by atoms with Crippen molar-refractivity contribution in [1.82, 2.24) is 20.4 Å². The number of thioether (sulfide) groups is 1. The third-order valence-electron chi connectivity index (χ3n) is 3.55. The van der Waals surface area contributed by atoms with Gasteiger partial charge in [-0.05, 0) is 32.6 Å². The zero-order valence-corrected chi connectivity index (χ0v) is 12.6. The van der Waals surface area contributed by atoms with Gasteiger partial charge in [0.1, 0.15) is 6.04 Å². The molecule has 0 aliphatic carbocycles. The number of amides is 1. The number of nitrogens with zero attached hydrogens (tertiary/aromatic N) is 2. The van der Waals surface area contributed by atoms with Crippen LogP contribution < -0.4 is 10.6 Å². The number of aromatic nitrogens is 2. The van der Waals surface area contributed by atoms with Crippen molar-refractivity contribution in [3.63, 3.8) is 0 Å². The van der Waals surface area contributed by atoms with Crippen LogP contribution in [-0.4, -0.2) is 39.8 Å². The van der Waals surface area contributed by atoms with Gasteiger partial charge in [0.2, 0.25) is 5.91 Å². The summed E-state index contributed by atoms with van der Waals surface area (Å²) in [6, 6.07) is -0.330. The predicted molar refractivity (Wildman–Crippen MR) is 78.1 cm³/mol. The number of rotatable bonds is 5. The molecule has 1 saturated heterocycles. The van der Waals surface area contributed by atoms with Crippen molar-refractivity contribution < 1.29 is 4.79 Å². The minimum absolute atomic E-state index is 0.0178. The maximum atomic E-state index is 12.3. The number of hydrogen-bond acceptors (Lipinski definition) is 4. The molecule has 5 nitrogen and oxygen atoms in total. The van der Waals surface area contributed by atoms with Crippen molar-refractivity contribution in [2.45, 2.75) is 30.6 Å². The predicted octanol–water partition coefficient (Wildman–Crippen LogP) is 1.08. The first-order chi connectivity index (χ1) is 9.04. The fourth-order valence-corrected chi connectivity index (χ4v) is 3.64. The van der Waals surface area contributed by atoms with Crippen LogP contribution in [0, 0.1) is 0 Å². The molecule has 2 atom stereocenters. The average molecular weight is 282 g/mol. The zero-order valence-electron chi connectivity index (χ0n) is 11.8. The molecule has 0 saturated carbocycles. The Labute approximate surface area is 118 Å². The van der Waals surface area contributed by atoms with E-state index in [0.29, 0.717) is 0 Å². The quantitative estimate of drug-likeness (QED) is 0.848. The highest BCUT2D eigenvalue weighted by molar-refractivity contribution is 8.00. The Hall–Kier alpha value is -1.01. The fraction of sp³-hybridized carbons (Fsp3) is 0.692. The van der Waals surface area contributed by atoms with Crippen LogP contribution in [0.3, 0.4) is 0 Å². The van der Waals surface area contributed by atoms with Crippen LogP contribution in [0.15, 0.2) is 12.4 Å². The summed E-state index contributed by atoms with van der Waals surface area (Å²) in [5.41, 5.74) is 0.895. The van der Waals surface area contributed by atoms with Gasteiger partial charge in [-0.15, -0.1) is 0 Å². The Morgan fingerprint density at radius 1 is 1.68 bits per heavy atom. The van der Waals surface area contributed by atoms with E-state index >= 15 is 0 Å². The minimum Gasteiger partial charge on any atom is -0.353 e. The lowest BCUT2D eigenvalue weighted by Crippen LogP contribution is -2.42. The van der Waals surface area contributed by atoms with Gasteiger partial charge in [0.05, 0.1) is 6.20 Å². The molecule has 2 N–H and O–H groups in total. The van der Waals surface area contributed by atoms with Crippen LogP contribution in [0.4, 0.5) is 0 Å². The topological polar surface area (TPSA) is 59.0 Å². The molecular weight excluding hydrogens is 260 g/mol. The van der Waals surface area contributed by atoms with Crippen molar-refractivity contribution in [1.29, 1.82) is 0 Å². The van der Waals surface area contributed by atoms with Crippen molar-refractivity contribution in [2.75, 3.05) is 19.3 Å². The Morgan fingerprint density at radius 3 is 3.00 bits per heavy atom. The van der Waals surface area contributed by atoms with Crippen molar-refractivity contribution in [3.8, 4) is 0 Å². The van der Waals surface area contributed by atoms with E-state index < -0.39 is 0 Å². The molecule has 2 heterocycles. The van der Waals surface area contributed by atoms with E-state index in [4.69, 9.17) is 0 Å². The summed E-state index contributed by atoms with van der Waals surface area (Å²) in [5.74, 6) is 1.22. The summed E-state index contributed by atoms with van der Waals surface area (Å²) in [7, 11) is 3.65. The number of aryl methyl sites for hydroxylation is 1. The highest BCUT2D eigenvalue weighted by Gasteiger charge is 2.31. The molecular formula is C13H22N4OS. The van der Waals surface area contributed by atoms with E-state index in [9.17, 15) is 4.79 Å². The molecule has 19 heavy (non-hydrogen) atoms. The number of hydrogen-bond donors (Lipinski definition) is 2. The molecule has 1 aromatic rings. The molecule has 1 aliphatic heterocycles. The van der Waals surface area contributed by atoms with E-state index in [1.165, 1.54) is 18.6 Å². The van der Waals surface area contributed by atoms with E-state index in [-0.39, 0.29) is 16.7 Å². The van der Waals surface area contributed by atoms with Crippen molar-refractivity contribution in [2.24, 2.45) is 7.05 Å². The van der Waals surface area contributed by atoms with E-state index in [0.717, 1.165) is 12.1 Å². The highest BCUT2D eigenvalue weighted by atomic mass is 32.2. The summed E-state index contributed by atoms with van der Waals surface area (Å²) in [6.45, 7) is 2.96. The van der Waals surface area contributed by atoms with E-state index in [2.05, 4.69) is 22.7 Å². The summed E-state index contributed by atoms with van der Waals surface area (Å²) in [4.78, 5) is 12.3. The van der Waals surface area contributed by atoms with Gasteiger partial charge in [0.15, 0.2) is 0 Å². The smallest absolute Gasteiger partial charge is 0.241 e. The monoisotopic (exact) mass is 282 g/mol. The van der Waals surface area contributed by atoms with E-state index in [1.54, 1.807) is 17.9 Å². The van der Waals surface area contributed by atoms with Crippen LogP contribution in [0.2, 0.25) is 0 Å². The van der Waals surface area contributed by atoms with Gasteiger partial charge >= 0.3 is 0 Å². The van der Waals surface area contributed by atoms with Crippen LogP contribution in [0.1, 0.15) is 31.4 Å². The average Bonchev–Trinajstić information content (AvgIpc) is 2.98. The Bertz CT molecular complexity index is 440. The molecule has 1 fully saturated rings. The molecule has 106 valence electrons. The molecule has 6 heteroatoms. The third kappa shape index (κ3) is 3.51. The molecule has 0 spiro atoms. The summed E-state index contributed by atoms with van der Waals surface area (Å²) in [6.07, 6.45) is 6.02. The maximum absolute atomic E-state index is 12.3. The van der Waals surface area contributed by atoms with E-state index in [1.807, 2.05) is 25.0 Å². The summed E-state index contributed by atoms with van der Waals surface area (Å²) in [5, 5.41) is 10.2. The number of nitrogens with one attached hydrogen (secondary N) is 2. The number of carbonyl (C=O) groups is 1. The second kappa shape index (κ2) is 5.96. The largest absolute Gasteiger partial charge is 0.353 e. The van der Waals surface area contributed by atoms with Crippen LogP contribution in [0.5, 0.6) is 0 Å². The highest BCUT2D eigenvalue weighted by Crippen LogP contribution is 2.37. The lowest BCUT2D eigenvalue weighted by Gasteiger charge is -2.24. The fourth-order valence-electron chi connectivity index (χ4n) is 2.39. The van der Waals surface area contributed by atoms with Gasteiger partial charge in [-0.3, -0.25) is 9.48 Å². The molecule has 2 unspecified atom stereocenters. The summed E-state index contributed by atoms with van der Waals surface area (Å²) >= 11 is 1.95. The third-order valence-corrected chi connectivity index (χ3v) is 5.08. The second-order valence-corrected chi connectivity index (χ2v) is 6.97. The van der Waals surface area contributed by atoms with Crippen LogP contribution in [-0.2, 0) is 11.8 Å².